The van der Waals surface area contributed by atoms with Gasteiger partial charge in [0.15, 0.2) is 0 Å². The zero-order chi connectivity index (χ0) is 18.8. The average molecular weight is 379 g/mol. The van der Waals surface area contributed by atoms with Gasteiger partial charge in [0.2, 0.25) is 11.1 Å². The summed E-state index contributed by atoms with van der Waals surface area (Å²) < 4.78 is 3.67. The van der Waals surface area contributed by atoms with Crippen LogP contribution in [0.15, 0.2) is 53.9 Å². The standard InChI is InChI=1S/C18H17N7OS/c1-12-6-7-17-20-15(10-24(17)9-12)11-27-18-21-22-23-25(18)16-5-3-4-14(8-16)19-13(2)26/h3-10H,11H2,1-2H3,(H,19,26). The lowest BCUT2D eigenvalue weighted by atomic mass is 10.3. The summed E-state index contributed by atoms with van der Waals surface area (Å²) in [7, 11) is 0. The summed E-state index contributed by atoms with van der Waals surface area (Å²) in [5.41, 5.74) is 4.52. The molecule has 9 heteroatoms. The maximum atomic E-state index is 11.3. The number of fused-ring (bicyclic) bond motifs is 1. The molecular weight excluding hydrogens is 362 g/mol. The zero-order valence-corrected chi connectivity index (χ0v) is 15.6. The predicted molar refractivity (Wildman–Crippen MR) is 103 cm³/mol. The first-order valence-electron chi connectivity index (χ1n) is 8.32. The van der Waals surface area contributed by atoms with Gasteiger partial charge in [0.25, 0.3) is 0 Å². The first-order valence-corrected chi connectivity index (χ1v) is 9.30. The Kier molecular flexibility index (Phi) is 4.59. The van der Waals surface area contributed by atoms with E-state index in [0.29, 0.717) is 16.6 Å². The number of nitrogens with zero attached hydrogens (tertiary/aromatic N) is 6. The fourth-order valence-corrected chi connectivity index (χ4v) is 3.49. The van der Waals surface area contributed by atoms with Crippen molar-refractivity contribution in [2.75, 3.05) is 5.32 Å². The van der Waals surface area contributed by atoms with Crippen LogP contribution in [0.3, 0.4) is 0 Å². The second-order valence-corrected chi connectivity index (χ2v) is 7.04. The first kappa shape index (κ1) is 17.2. The number of anilines is 1. The summed E-state index contributed by atoms with van der Waals surface area (Å²) in [6.07, 6.45) is 4.06. The van der Waals surface area contributed by atoms with Crippen molar-refractivity contribution in [1.82, 2.24) is 29.6 Å². The lowest BCUT2D eigenvalue weighted by Crippen LogP contribution is -2.07. The number of carbonyl (C=O) groups excluding carboxylic acids is 1. The number of pyridine rings is 1. The van der Waals surface area contributed by atoms with Gasteiger partial charge >= 0.3 is 0 Å². The predicted octanol–water partition coefficient (Wildman–Crippen LogP) is 2.87. The number of thioether (sulfide) groups is 1. The highest BCUT2D eigenvalue weighted by atomic mass is 32.2. The Balaban J connectivity index is 1.54. The van der Waals surface area contributed by atoms with E-state index in [0.717, 1.165) is 17.0 Å². The third kappa shape index (κ3) is 3.82. The third-order valence-corrected chi connectivity index (χ3v) is 4.80. The summed E-state index contributed by atoms with van der Waals surface area (Å²) in [6.45, 7) is 3.53. The maximum Gasteiger partial charge on any atom is 0.221 e. The van der Waals surface area contributed by atoms with Gasteiger partial charge in [-0.3, -0.25) is 4.79 Å². The van der Waals surface area contributed by atoms with Crippen LogP contribution in [-0.4, -0.2) is 35.5 Å². The molecule has 0 aliphatic rings. The van der Waals surface area contributed by atoms with Gasteiger partial charge in [-0.15, -0.1) is 5.10 Å². The van der Waals surface area contributed by atoms with Crippen molar-refractivity contribution < 1.29 is 4.79 Å². The molecule has 0 atom stereocenters. The molecule has 4 aromatic rings. The highest BCUT2D eigenvalue weighted by molar-refractivity contribution is 7.98. The van der Waals surface area contributed by atoms with Crippen LogP contribution in [0.4, 0.5) is 5.69 Å². The van der Waals surface area contributed by atoms with Crippen molar-refractivity contribution in [3.8, 4) is 5.69 Å². The molecule has 4 rings (SSSR count). The topological polar surface area (TPSA) is 90.0 Å². The Labute approximate surface area is 159 Å². The minimum Gasteiger partial charge on any atom is -0.326 e. The van der Waals surface area contributed by atoms with Gasteiger partial charge in [-0.25, -0.2) is 4.98 Å². The molecule has 0 aliphatic heterocycles. The summed E-state index contributed by atoms with van der Waals surface area (Å²) in [6, 6.07) is 11.4. The van der Waals surface area contributed by atoms with Crippen LogP contribution in [0.2, 0.25) is 0 Å². The number of rotatable bonds is 5. The van der Waals surface area contributed by atoms with Gasteiger partial charge in [-0.05, 0) is 47.2 Å². The summed E-state index contributed by atoms with van der Waals surface area (Å²) >= 11 is 1.50. The van der Waals surface area contributed by atoms with Crippen molar-refractivity contribution in [3.63, 3.8) is 0 Å². The monoisotopic (exact) mass is 379 g/mol. The molecular formula is C18H17N7OS. The Hall–Kier alpha value is -3.20. The van der Waals surface area contributed by atoms with Gasteiger partial charge in [-0.2, -0.15) is 4.68 Å². The van der Waals surface area contributed by atoms with Crippen LogP contribution in [0.25, 0.3) is 11.3 Å². The lowest BCUT2D eigenvalue weighted by molar-refractivity contribution is -0.114. The number of hydrogen-bond acceptors (Lipinski definition) is 6. The van der Waals surface area contributed by atoms with Gasteiger partial charge in [0, 0.05) is 30.8 Å². The van der Waals surface area contributed by atoms with E-state index < -0.39 is 0 Å². The largest absolute Gasteiger partial charge is 0.326 e. The summed E-state index contributed by atoms with van der Waals surface area (Å²) in [5.74, 6) is 0.521. The number of hydrogen-bond donors (Lipinski definition) is 1. The van der Waals surface area contributed by atoms with Crippen molar-refractivity contribution in [1.29, 1.82) is 0 Å². The second-order valence-electron chi connectivity index (χ2n) is 6.10. The number of benzene rings is 1. The molecule has 0 saturated heterocycles. The number of carbonyl (C=O) groups is 1. The molecule has 3 heterocycles. The molecule has 1 N–H and O–H groups in total. The molecule has 0 bridgehead atoms. The molecule has 0 spiro atoms. The van der Waals surface area contributed by atoms with Gasteiger partial charge in [0.05, 0.1) is 11.4 Å². The molecule has 27 heavy (non-hydrogen) atoms. The van der Waals surface area contributed by atoms with Crippen LogP contribution >= 0.6 is 11.8 Å². The quantitative estimate of drug-likeness (QED) is 0.536. The fourth-order valence-electron chi connectivity index (χ4n) is 2.71. The van der Waals surface area contributed by atoms with Crippen LogP contribution < -0.4 is 5.32 Å². The molecule has 1 amide bonds. The van der Waals surface area contributed by atoms with Crippen molar-refractivity contribution in [2.24, 2.45) is 0 Å². The molecule has 0 radical (unpaired) electrons. The SMILES string of the molecule is CC(=O)Nc1cccc(-n2nnnc2SCc2cn3cc(C)ccc3n2)c1. The van der Waals surface area contributed by atoms with E-state index in [1.807, 2.05) is 53.2 Å². The number of aromatic nitrogens is 6. The summed E-state index contributed by atoms with van der Waals surface area (Å²) in [5, 5.41) is 15.4. The molecule has 3 aromatic heterocycles. The molecule has 0 aliphatic carbocycles. The Bertz CT molecular complexity index is 1120. The van der Waals surface area contributed by atoms with E-state index in [-0.39, 0.29) is 5.91 Å². The molecule has 136 valence electrons. The van der Waals surface area contributed by atoms with Crippen molar-refractivity contribution >= 4 is 29.0 Å². The van der Waals surface area contributed by atoms with E-state index in [1.165, 1.54) is 24.2 Å². The Morgan fingerprint density at radius 1 is 1.22 bits per heavy atom. The van der Waals surface area contributed by atoms with E-state index in [9.17, 15) is 4.79 Å². The van der Waals surface area contributed by atoms with Crippen molar-refractivity contribution in [3.05, 3.63) is 60.0 Å². The number of amides is 1. The van der Waals surface area contributed by atoms with E-state index in [4.69, 9.17) is 0 Å². The minimum absolute atomic E-state index is 0.124. The van der Waals surface area contributed by atoms with Gasteiger partial charge in [0.1, 0.15) is 5.65 Å². The first-order chi connectivity index (χ1) is 13.1. The molecule has 0 fully saturated rings. The maximum absolute atomic E-state index is 11.3. The van der Waals surface area contributed by atoms with Crippen LogP contribution in [-0.2, 0) is 10.5 Å². The minimum atomic E-state index is -0.124. The average Bonchev–Trinajstić information content (AvgIpc) is 3.25. The number of aryl methyl sites for hydroxylation is 1. The van der Waals surface area contributed by atoms with Gasteiger partial charge in [-0.1, -0.05) is 23.9 Å². The van der Waals surface area contributed by atoms with Gasteiger partial charge < -0.3 is 9.72 Å². The molecule has 0 unspecified atom stereocenters. The van der Waals surface area contributed by atoms with E-state index >= 15 is 0 Å². The highest BCUT2D eigenvalue weighted by Crippen LogP contribution is 2.23. The second kappa shape index (κ2) is 7.20. The normalized spacial score (nSPS) is 11.0. The molecule has 0 saturated carbocycles. The van der Waals surface area contributed by atoms with E-state index in [2.05, 4.69) is 32.7 Å². The summed E-state index contributed by atoms with van der Waals surface area (Å²) in [4.78, 5) is 15.9. The van der Waals surface area contributed by atoms with Crippen LogP contribution in [0, 0.1) is 6.92 Å². The molecule has 1 aromatic carbocycles. The number of imidazole rings is 1. The Morgan fingerprint density at radius 2 is 2.11 bits per heavy atom. The lowest BCUT2D eigenvalue weighted by Gasteiger charge is -2.06. The zero-order valence-electron chi connectivity index (χ0n) is 14.8. The molecule has 8 nitrogen and oxygen atoms in total. The van der Waals surface area contributed by atoms with E-state index in [1.54, 1.807) is 4.68 Å². The Morgan fingerprint density at radius 3 is 2.96 bits per heavy atom. The number of nitrogens with one attached hydrogen (secondary N) is 1. The van der Waals surface area contributed by atoms with Crippen molar-refractivity contribution in [2.45, 2.75) is 24.8 Å². The van der Waals surface area contributed by atoms with Crippen LogP contribution in [0.1, 0.15) is 18.2 Å². The number of tetrazole rings is 1. The fraction of sp³-hybridized carbons (Fsp3) is 0.167. The highest BCUT2D eigenvalue weighted by Gasteiger charge is 2.11. The van der Waals surface area contributed by atoms with Crippen LogP contribution in [0.5, 0.6) is 0 Å². The smallest absolute Gasteiger partial charge is 0.221 e. The third-order valence-electron chi connectivity index (χ3n) is 3.85.